The highest BCUT2D eigenvalue weighted by Crippen LogP contribution is 1.90. The van der Waals surface area contributed by atoms with Gasteiger partial charge in [-0.2, -0.15) is 0 Å². The largest absolute Gasteiger partial charge is 1.00 e. The molecular weight excluding hydrogens is 387 g/mol. The topological polar surface area (TPSA) is 35.5 Å². The van der Waals surface area contributed by atoms with E-state index in [9.17, 15) is 0 Å². The zero-order valence-electron chi connectivity index (χ0n) is 16.2. The first kappa shape index (κ1) is 25.8. The van der Waals surface area contributed by atoms with E-state index < -0.39 is 0 Å². The van der Waals surface area contributed by atoms with Crippen molar-refractivity contribution >= 4 is 0 Å². The Balaban J connectivity index is 0.00000338. The van der Waals surface area contributed by atoms with Gasteiger partial charge >= 0.3 is 0 Å². The van der Waals surface area contributed by atoms with E-state index in [-0.39, 0.29) is 24.8 Å². The molecule has 0 unspecified atom stereocenters. The second-order valence-corrected chi connectivity index (χ2v) is 6.06. The van der Waals surface area contributed by atoms with Gasteiger partial charge in [0.25, 0.3) is 0 Å². The molecule has 0 saturated carbocycles. The number of hydrogen-bond acceptors (Lipinski definition) is 3. The lowest BCUT2D eigenvalue weighted by Crippen LogP contribution is -3.00. The number of rotatable bonds is 12. The SMILES string of the molecule is Cc1cc[n+](CCOCCOCCOCC[n+]2ccc(C)cc2)cc1.[Cl-].[Cl-]. The van der Waals surface area contributed by atoms with Crippen molar-refractivity contribution in [2.45, 2.75) is 26.9 Å². The zero-order chi connectivity index (χ0) is 17.7. The Kier molecular flexibility index (Phi) is 15.1. The lowest BCUT2D eigenvalue weighted by Gasteiger charge is -2.05. The van der Waals surface area contributed by atoms with Crippen LogP contribution in [0.25, 0.3) is 0 Å². The molecule has 0 saturated heterocycles. The van der Waals surface area contributed by atoms with Gasteiger partial charge in [-0.1, -0.05) is 0 Å². The molecule has 0 bridgehead atoms. The third-order valence-corrected chi connectivity index (χ3v) is 3.85. The highest BCUT2D eigenvalue weighted by molar-refractivity contribution is 5.03. The van der Waals surface area contributed by atoms with Crippen LogP contribution in [0.5, 0.6) is 0 Å². The Hall–Kier alpha value is -1.24. The van der Waals surface area contributed by atoms with E-state index in [1.807, 2.05) is 0 Å². The van der Waals surface area contributed by atoms with E-state index in [2.05, 4.69) is 72.0 Å². The molecule has 0 atom stereocenters. The van der Waals surface area contributed by atoms with Gasteiger partial charge in [0, 0.05) is 24.3 Å². The summed E-state index contributed by atoms with van der Waals surface area (Å²) >= 11 is 0. The zero-order valence-corrected chi connectivity index (χ0v) is 17.7. The summed E-state index contributed by atoms with van der Waals surface area (Å²) in [5, 5.41) is 0. The Morgan fingerprint density at radius 2 is 0.852 bits per heavy atom. The van der Waals surface area contributed by atoms with Gasteiger partial charge in [0.1, 0.15) is 13.2 Å². The quantitative estimate of drug-likeness (QED) is 0.259. The average Bonchev–Trinajstić information content (AvgIpc) is 2.63. The van der Waals surface area contributed by atoms with Crippen LogP contribution >= 0.6 is 0 Å². The molecule has 27 heavy (non-hydrogen) atoms. The van der Waals surface area contributed by atoms with Crippen LogP contribution < -0.4 is 33.9 Å². The number of ether oxygens (including phenoxy) is 3. The van der Waals surface area contributed by atoms with E-state index in [0.717, 1.165) is 13.1 Å². The molecule has 152 valence electrons. The fourth-order valence-corrected chi connectivity index (χ4v) is 2.24. The highest BCUT2D eigenvalue weighted by Gasteiger charge is 2.00. The summed E-state index contributed by atoms with van der Waals surface area (Å²) in [5.74, 6) is 0. The molecule has 0 amide bonds. The summed E-state index contributed by atoms with van der Waals surface area (Å²) in [4.78, 5) is 0. The third kappa shape index (κ3) is 12.0. The number of hydrogen-bond donors (Lipinski definition) is 0. The summed E-state index contributed by atoms with van der Waals surface area (Å²) in [6, 6.07) is 8.39. The molecule has 0 aliphatic carbocycles. The molecule has 2 rings (SSSR count). The lowest BCUT2D eigenvalue weighted by molar-refractivity contribution is -0.698. The normalized spacial score (nSPS) is 10.1. The molecule has 0 spiro atoms. The van der Waals surface area contributed by atoms with Crippen molar-refractivity contribution < 1.29 is 48.2 Å². The summed E-state index contributed by atoms with van der Waals surface area (Å²) < 4.78 is 20.9. The van der Waals surface area contributed by atoms with Gasteiger partial charge in [0.15, 0.2) is 37.9 Å². The predicted octanol–water partition coefficient (Wildman–Crippen LogP) is -4.36. The van der Waals surface area contributed by atoms with E-state index in [0.29, 0.717) is 39.6 Å². The van der Waals surface area contributed by atoms with Crippen molar-refractivity contribution in [2.75, 3.05) is 39.6 Å². The molecule has 2 heterocycles. The van der Waals surface area contributed by atoms with Gasteiger partial charge in [-0.15, -0.1) is 0 Å². The second kappa shape index (κ2) is 15.8. The van der Waals surface area contributed by atoms with Gasteiger partial charge in [0.05, 0.1) is 26.4 Å². The van der Waals surface area contributed by atoms with E-state index >= 15 is 0 Å². The van der Waals surface area contributed by atoms with Crippen molar-refractivity contribution in [2.24, 2.45) is 0 Å². The Bertz CT molecular complexity index is 542. The van der Waals surface area contributed by atoms with Crippen molar-refractivity contribution in [1.29, 1.82) is 0 Å². The minimum Gasteiger partial charge on any atom is -1.00 e. The molecule has 5 nitrogen and oxygen atoms in total. The minimum atomic E-state index is 0. The van der Waals surface area contributed by atoms with Crippen LogP contribution in [-0.2, 0) is 27.3 Å². The maximum Gasteiger partial charge on any atom is 0.171 e. The Morgan fingerprint density at radius 3 is 1.19 bits per heavy atom. The Morgan fingerprint density at radius 1 is 0.556 bits per heavy atom. The van der Waals surface area contributed by atoms with Crippen LogP contribution in [0.4, 0.5) is 0 Å². The molecule has 0 fully saturated rings. The summed E-state index contributed by atoms with van der Waals surface area (Å²) in [6.45, 7) is 9.73. The Labute approximate surface area is 175 Å². The highest BCUT2D eigenvalue weighted by atomic mass is 35.5. The molecule has 0 aliphatic heterocycles. The smallest absolute Gasteiger partial charge is 0.171 e. The average molecular weight is 417 g/mol. The second-order valence-electron chi connectivity index (χ2n) is 6.06. The maximum absolute atomic E-state index is 5.57. The molecular formula is C20H30Cl2N2O3. The molecule has 2 aromatic heterocycles. The van der Waals surface area contributed by atoms with E-state index in [1.165, 1.54) is 11.1 Å². The minimum absolute atomic E-state index is 0. The van der Waals surface area contributed by atoms with Gasteiger partial charge in [-0.3, -0.25) is 0 Å². The van der Waals surface area contributed by atoms with Gasteiger partial charge in [-0.25, -0.2) is 9.13 Å². The first-order valence-electron chi connectivity index (χ1n) is 8.89. The van der Waals surface area contributed by atoms with Crippen molar-refractivity contribution in [3.8, 4) is 0 Å². The number of pyridine rings is 2. The summed E-state index contributed by atoms with van der Waals surface area (Å²) in [7, 11) is 0. The van der Waals surface area contributed by atoms with Gasteiger partial charge in [-0.05, 0) is 25.0 Å². The van der Waals surface area contributed by atoms with Crippen LogP contribution in [0.3, 0.4) is 0 Å². The van der Waals surface area contributed by atoms with Crippen LogP contribution in [0.2, 0.25) is 0 Å². The standard InChI is InChI=1S/C20H30N2O3.2ClH/c1-19-3-7-21(8-4-19)11-13-23-15-17-25-18-16-24-14-12-22-9-5-20(2)6-10-22;;/h3-10H,11-18H2,1-2H3;2*1H/q+2;;/p-2. The van der Waals surface area contributed by atoms with Gasteiger partial charge < -0.3 is 39.0 Å². The van der Waals surface area contributed by atoms with Crippen LogP contribution in [0.15, 0.2) is 49.1 Å². The number of halogens is 2. The van der Waals surface area contributed by atoms with Crippen LogP contribution in [0, 0.1) is 13.8 Å². The monoisotopic (exact) mass is 416 g/mol. The van der Waals surface area contributed by atoms with Crippen molar-refractivity contribution in [3.63, 3.8) is 0 Å². The summed E-state index contributed by atoms with van der Waals surface area (Å²) in [5.41, 5.74) is 2.54. The fourth-order valence-electron chi connectivity index (χ4n) is 2.24. The fraction of sp³-hybridized carbons (Fsp3) is 0.500. The number of aryl methyl sites for hydroxylation is 2. The third-order valence-electron chi connectivity index (χ3n) is 3.85. The summed E-state index contributed by atoms with van der Waals surface area (Å²) in [6.07, 6.45) is 8.28. The number of nitrogens with zero attached hydrogens (tertiary/aromatic N) is 2. The molecule has 0 radical (unpaired) electrons. The van der Waals surface area contributed by atoms with E-state index in [4.69, 9.17) is 14.2 Å². The molecule has 0 aliphatic rings. The predicted molar refractivity (Wildman–Crippen MR) is 95.2 cm³/mol. The van der Waals surface area contributed by atoms with Crippen LogP contribution in [-0.4, -0.2) is 39.6 Å². The van der Waals surface area contributed by atoms with Crippen molar-refractivity contribution in [3.05, 3.63) is 60.2 Å². The first-order chi connectivity index (χ1) is 12.2. The maximum atomic E-state index is 5.57. The lowest BCUT2D eigenvalue weighted by atomic mass is 10.3. The van der Waals surface area contributed by atoms with Crippen molar-refractivity contribution in [1.82, 2.24) is 0 Å². The molecule has 7 heteroatoms. The molecule has 0 aromatic carbocycles. The first-order valence-corrected chi connectivity index (χ1v) is 8.89. The molecule has 0 N–H and O–H groups in total. The van der Waals surface area contributed by atoms with E-state index in [1.54, 1.807) is 0 Å². The van der Waals surface area contributed by atoms with Crippen LogP contribution in [0.1, 0.15) is 11.1 Å². The van der Waals surface area contributed by atoms with Gasteiger partial charge in [0.2, 0.25) is 0 Å². The molecule has 2 aromatic rings. The number of aromatic nitrogens is 2.